The van der Waals surface area contributed by atoms with Gasteiger partial charge in [-0.25, -0.2) is 9.67 Å². The maximum absolute atomic E-state index is 13.1. The van der Waals surface area contributed by atoms with E-state index in [0.717, 1.165) is 28.1 Å². The Labute approximate surface area is 245 Å². The number of aromatic nitrogens is 3. The molecule has 0 radical (unpaired) electrons. The van der Waals surface area contributed by atoms with Gasteiger partial charge in [0.25, 0.3) is 0 Å². The summed E-state index contributed by atoms with van der Waals surface area (Å²) in [4.78, 5) is 17.6. The van der Waals surface area contributed by atoms with Crippen LogP contribution >= 0.6 is 12.2 Å². The van der Waals surface area contributed by atoms with Gasteiger partial charge in [-0.05, 0) is 53.3 Å². The van der Waals surface area contributed by atoms with Gasteiger partial charge in [-0.3, -0.25) is 4.79 Å². The van der Waals surface area contributed by atoms with Crippen molar-refractivity contribution in [3.8, 4) is 22.8 Å². The Bertz CT molecular complexity index is 1530. The number of halogens is 5. The van der Waals surface area contributed by atoms with Crippen molar-refractivity contribution in [3.05, 3.63) is 95.8 Å². The second-order valence-corrected chi connectivity index (χ2v) is 10.7. The number of hydrogen-bond acceptors (Lipinski definition) is 5. The monoisotopic (exact) mass is 601 g/mol. The van der Waals surface area contributed by atoms with Crippen LogP contribution in [-0.4, -0.2) is 37.7 Å². The van der Waals surface area contributed by atoms with Crippen molar-refractivity contribution >= 4 is 22.9 Å². The molecule has 42 heavy (non-hydrogen) atoms. The Morgan fingerprint density at radius 2 is 1.62 bits per heavy atom. The van der Waals surface area contributed by atoms with Crippen LogP contribution in [0.2, 0.25) is 0 Å². The van der Waals surface area contributed by atoms with Crippen molar-refractivity contribution < 1.29 is 31.5 Å². The first-order valence-electron chi connectivity index (χ1n) is 13.2. The van der Waals surface area contributed by atoms with Crippen molar-refractivity contribution in [2.45, 2.75) is 57.7 Å². The first kappa shape index (κ1) is 31.0. The Morgan fingerprint density at radius 1 is 0.952 bits per heavy atom. The molecule has 1 heterocycles. The van der Waals surface area contributed by atoms with E-state index >= 15 is 0 Å². The summed E-state index contributed by atoms with van der Waals surface area (Å²) in [6.07, 6.45) is -7.94. The zero-order valence-corrected chi connectivity index (χ0v) is 23.7. The molecular formula is C31H28F5N3O2S. The first-order chi connectivity index (χ1) is 19.8. The molecule has 3 aromatic carbocycles. The molecule has 0 aliphatic carbocycles. The Kier molecular flexibility index (Phi) is 9.50. The summed E-state index contributed by atoms with van der Waals surface area (Å²) in [7, 11) is 0. The molecule has 1 aromatic heterocycles. The molecule has 0 aliphatic heterocycles. The van der Waals surface area contributed by atoms with Gasteiger partial charge in [0, 0.05) is 29.7 Å². The number of benzene rings is 3. The molecule has 0 bridgehead atoms. The molecule has 0 aliphatic rings. The number of carbonyl (C=O) groups excluding carboxylic acids is 1. The molecule has 0 saturated carbocycles. The van der Waals surface area contributed by atoms with Crippen molar-refractivity contribution in [3.63, 3.8) is 0 Å². The van der Waals surface area contributed by atoms with Crippen LogP contribution in [0.25, 0.3) is 17.1 Å². The van der Waals surface area contributed by atoms with Crippen LogP contribution in [0.15, 0.2) is 79.1 Å². The minimum absolute atomic E-state index is 0.0880. The number of Topliss-reactive ketones (excluding diaryl/α,β-unsaturated/α-hetero) is 1. The summed E-state index contributed by atoms with van der Waals surface area (Å²) in [6, 6.07) is 20.1. The highest BCUT2D eigenvalue weighted by atomic mass is 32.1. The van der Waals surface area contributed by atoms with Gasteiger partial charge in [-0.1, -0.05) is 74.6 Å². The SMILES string of the molecule is CC(C)c1ccccc1CC(=S)CC(=O)CCc1ccc(-c2ncn(-c3ccc(OC(F)(F)C(F)(F)F)cc3)n2)cc1. The van der Waals surface area contributed by atoms with Gasteiger partial charge in [0.1, 0.15) is 17.9 Å². The summed E-state index contributed by atoms with van der Waals surface area (Å²) in [5.74, 6) is 0.207. The fourth-order valence-electron chi connectivity index (χ4n) is 4.34. The minimum atomic E-state index is -5.83. The topological polar surface area (TPSA) is 57.0 Å². The van der Waals surface area contributed by atoms with Gasteiger partial charge in [0.05, 0.1) is 5.69 Å². The van der Waals surface area contributed by atoms with E-state index in [1.165, 1.54) is 28.7 Å². The highest BCUT2D eigenvalue weighted by Gasteiger charge is 2.61. The summed E-state index contributed by atoms with van der Waals surface area (Å²) in [5.41, 5.74) is 4.46. The first-order valence-corrected chi connectivity index (χ1v) is 13.6. The standard InChI is InChI=1S/C31H28F5N3O2S/c1-20(2)28-6-4-3-5-23(28)17-27(42)18-25(40)14-9-21-7-10-22(11-8-21)29-37-19-39(38-29)24-12-15-26(16-13-24)41-31(35,36)30(32,33)34/h3-8,10-13,15-16,19-20H,9,14,17-18H2,1-2H3. The van der Waals surface area contributed by atoms with E-state index in [1.807, 2.05) is 36.4 Å². The van der Waals surface area contributed by atoms with Gasteiger partial charge in [0.2, 0.25) is 0 Å². The van der Waals surface area contributed by atoms with E-state index in [-0.39, 0.29) is 12.2 Å². The van der Waals surface area contributed by atoms with Crippen LogP contribution in [0.3, 0.4) is 0 Å². The van der Waals surface area contributed by atoms with Gasteiger partial charge >= 0.3 is 12.3 Å². The molecule has 0 unspecified atom stereocenters. The van der Waals surface area contributed by atoms with Gasteiger partial charge in [-0.2, -0.15) is 22.0 Å². The molecule has 0 amide bonds. The molecule has 0 fully saturated rings. The summed E-state index contributed by atoms with van der Waals surface area (Å²) < 4.78 is 68.4. The number of alkyl halides is 5. The van der Waals surface area contributed by atoms with E-state index in [2.05, 4.69) is 40.8 Å². The largest absolute Gasteiger partial charge is 0.499 e. The van der Waals surface area contributed by atoms with Crippen LogP contribution in [0.5, 0.6) is 5.75 Å². The number of ether oxygens (including phenoxy) is 1. The summed E-state index contributed by atoms with van der Waals surface area (Å²) in [6.45, 7) is 4.27. The Morgan fingerprint density at radius 3 is 2.26 bits per heavy atom. The summed E-state index contributed by atoms with van der Waals surface area (Å²) >= 11 is 5.52. The van der Waals surface area contributed by atoms with Gasteiger partial charge < -0.3 is 4.74 Å². The van der Waals surface area contributed by atoms with E-state index in [9.17, 15) is 26.7 Å². The average Bonchev–Trinajstić information content (AvgIpc) is 3.42. The Hall–Kier alpha value is -3.99. The lowest BCUT2D eigenvalue weighted by molar-refractivity contribution is -0.360. The lowest BCUT2D eigenvalue weighted by Gasteiger charge is -2.20. The highest BCUT2D eigenvalue weighted by Crippen LogP contribution is 2.37. The lowest BCUT2D eigenvalue weighted by Crippen LogP contribution is -2.41. The number of rotatable bonds is 12. The fraction of sp³-hybridized carbons (Fsp3) is 0.290. The van der Waals surface area contributed by atoms with Crippen molar-refractivity contribution in [2.75, 3.05) is 0 Å². The molecule has 11 heteroatoms. The predicted molar refractivity (Wildman–Crippen MR) is 153 cm³/mol. The second kappa shape index (κ2) is 12.9. The molecular weight excluding hydrogens is 573 g/mol. The average molecular weight is 602 g/mol. The molecule has 0 spiro atoms. The lowest BCUT2D eigenvalue weighted by atomic mass is 9.93. The molecule has 0 saturated heterocycles. The van der Waals surface area contributed by atoms with E-state index in [0.29, 0.717) is 42.3 Å². The van der Waals surface area contributed by atoms with Crippen LogP contribution in [0.4, 0.5) is 22.0 Å². The fourth-order valence-corrected chi connectivity index (χ4v) is 4.65. The number of nitrogens with zero attached hydrogens (tertiary/aromatic N) is 3. The molecule has 0 N–H and O–H groups in total. The van der Waals surface area contributed by atoms with Crippen LogP contribution < -0.4 is 4.74 Å². The summed E-state index contributed by atoms with van der Waals surface area (Å²) in [5, 5.41) is 4.35. The zero-order valence-electron chi connectivity index (χ0n) is 22.9. The molecule has 5 nitrogen and oxygen atoms in total. The Balaban J connectivity index is 1.30. The van der Waals surface area contributed by atoms with Gasteiger partial charge in [-0.15, -0.1) is 5.10 Å². The van der Waals surface area contributed by atoms with E-state index < -0.39 is 18.0 Å². The number of carbonyl (C=O) groups is 1. The van der Waals surface area contributed by atoms with Crippen LogP contribution in [-0.2, 0) is 17.6 Å². The zero-order chi connectivity index (χ0) is 30.5. The van der Waals surface area contributed by atoms with Crippen molar-refractivity contribution in [2.24, 2.45) is 0 Å². The van der Waals surface area contributed by atoms with Crippen molar-refractivity contribution in [1.82, 2.24) is 14.8 Å². The van der Waals surface area contributed by atoms with E-state index in [1.54, 1.807) is 0 Å². The van der Waals surface area contributed by atoms with Crippen LogP contribution in [0, 0.1) is 0 Å². The smallest absolute Gasteiger partial charge is 0.426 e. The normalized spacial score (nSPS) is 12.0. The molecule has 4 rings (SSSR count). The molecule has 220 valence electrons. The number of hydrogen-bond donors (Lipinski definition) is 0. The minimum Gasteiger partial charge on any atom is -0.426 e. The van der Waals surface area contributed by atoms with Gasteiger partial charge in [0.15, 0.2) is 5.82 Å². The second-order valence-electron chi connectivity index (χ2n) is 10.1. The number of aryl methyl sites for hydroxylation is 1. The molecule has 0 atom stereocenters. The third-order valence-electron chi connectivity index (χ3n) is 6.53. The number of ketones is 1. The van der Waals surface area contributed by atoms with E-state index in [4.69, 9.17) is 12.2 Å². The number of thiocarbonyl (C=S) groups is 1. The maximum atomic E-state index is 13.1. The highest BCUT2D eigenvalue weighted by molar-refractivity contribution is 7.80. The predicted octanol–water partition coefficient (Wildman–Crippen LogP) is 8.10. The third kappa shape index (κ3) is 7.84. The third-order valence-corrected chi connectivity index (χ3v) is 6.82. The maximum Gasteiger partial charge on any atom is 0.499 e. The van der Waals surface area contributed by atoms with Crippen molar-refractivity contribution in [1.29, 1.82) is 0 Å². The molecule has 4 aromatic rings. The van der Waals surface area contributed by atoms with Crippen LogP contribution in [0.1, 0.15) is 49.3 Å². The quantitative estimate of drug-likeness (QED) is 0.121.